The van der Waals surface area contributed by atoms with Crippen molar-refractivity contribution in [1.29, 1.82) is 0 Å². The Balaban J connectivity index is 2.04. The number of aryl methyl sites for hydroxylation is 3. The van der Waals surface area contributed by atoms with E-state index in [1.807, 2.05) is 32.9 Å². The van der Waals surface area contributed by atoms with Gasteiger partial charge >= 0.3 is 12.2 Å². The first kappa shape index (κ1) is 30.7. The fourth-order valence-corrected chi connectivity index (χ4v) is 5.21. The molecule has 1 unspecified atom stereocenters. The van der Waals surface area contributed by atoms with Crippen molar-refractivity contribution in [2.75, 3.05) is 12.4 Å². The molecule has 1 aliphatic carbocycles. The van der Waals surface area contributed by atoms with Crippen LogP contribution in [0.25, 0.3) is 0 Å². The third-order valence-electron chi connectivity index (χ3n) is 6.84. The summed E-state index contributed by atoms with van der Waals surface area (Å²) in [5.41, 5.74) is 3.00. The lowest BCUT2D eigenvalue weighted by molar-refractivity contribution is -0.125. The van der Waals surface area contributed by atoms with Crippen molar-refractivity contribution < 1.29 is 28.7 Å². The van der Waals surface area contributed by atoms with Crippen molar-refractivity contribution in [3.8, 4) is 0 Å². The number of carbonyl (C=O) groups is 4. The summed E-state index contributed by atoms with van der Waals surface area (Å²) in [6.07, 6.45) is 2.11. The van der Waals surface area contributed by atoms with Crippen LogP contribution in [-0.4, -0.2) is 53.6 Å². The first-order chi connectivity index (χ1) is 18.8. The van der Waals surface area contributed by atoms with Crippen LogP contribution in [-0.2, 0) is 20.8 Å². The van der Waals surface area contributed by atoms with Crippen LogP contribution in [0, 0.1) is 20.8 Å². The molecule has 0 bridgehead atoms. The molecular formula is C31H41N3O6. The molecular weight excluding hydrogens is 510 g/mol. The lowest BCUT2D eigenvalue weighted by Gasteiger charge is -2.31. The summed E-state index contributed by atoms with van der Waals surface area (Å²) in [4.78, 5) is 54.9. The van der Waals surface area contributed by atoms with E-state index in [1.165, 1.54) is 7.11 Å². The van der Waals surface area contributed by atoms with Crippen molar-refractivity contribution in [2.45, 2.75) is 91.5 Å². The smallest absolute Gasteiger partial charge is 0.412 e. The zero-order chi connectivity index (χ0) is 29.6. The number of Topliss-reactive ketones (excluding diaryl/α,β-unsaturated/α-hetero) is 1. The van der Waals surface area contributed by atoms with E-state index >= 15 is 0 Å². The van der Waals surface area contributed by atoms with Gasteiger partial charge in [0.05, 0.1) is 13.7 Å². The van der Waals surface area contributed by atoms with E-state index in [0.717, 1.165) is 47.3 Å². The Morgan fingerprint density at radius 1 is 1.00 bits per heavy atom. The van der Waals surface area contributed by atoms with E-state index in [1.54, 1.807) is 45.0 Å². The lowest BCUT2D eigenvalue weighted by atomic mass is 9.92. The fourth-order valence-electron chi connectivity index (χ4n) is 5.21. The Kier molecular flexibility index (Phi) is 9.95. The van der Waals surface area contributed by atoms with Crippen LogP contribution in [0.15, 0.2) is 36.4 Å². The molecule has 40 heavy (non-hydrogen) atoms. The van der Waals surface area contributed by atoms with Crippen LogP contribution in [0.1, 0.15) is 79.1 Å². The second-order valence-electron chi connectivity index (χ2n) is 11.4. The number of nitrogens with one attached hydrogen (secondary N) is 2. The Bertz CT molecular complexity index is 1240. The molecule has 0 spiro atoms. The molecule has 9 nitrogen and oxygen atoms in total. The van der Waals surface area contributed by atoms with E-state index in [2.05, 4.69) is 10.6 Å². The van der Waals surface area contributed by atoms with Gasteiger partial charge in [0, 0.05) is 17.3 Å². The maximum absolute atomic E-state index is 14.2. The highest BCUT2D eigenvalue weighted by Crippen LogP contribution is 2.26. The molecule has 216 valence electrons. The van der Waals surface area contributed by atoms with Crippen LogP contribution in [0.3, 0.4) is 0 Å². The van der Waals surface area contributed by atoms with Gasteiger partial charge in [0.15, 0.2) is 11.8 Å². The SMILES string of the molecule is COC(=O)N(Cc1ccccc1NC(=O)OC(C)(C)C)C(C(=O)NC1CCCC1)C(=O)c1c(C)cc(C)cc1C. The minimum absolute atomic E-state index is 0.0661. The average molecular weight is 552 g/mol. The van der Waals surface area contributed by atoms with Crippen LogP contribution in [0.4, 0.5) is 15.3 Å². The van der Waals surface area contributed by atoms with Gasteiger partial charge in [-0.05, 0) is 77.1 Å². The number of anilines is 1. The third-order valence-corrected chi connectivity index (χ3v) is 6.84. The van der Waals surface area contributed by atoms with E-state index in [-0.39, 0.29) is 12.6 Å². The molecule has 2 aromatic carbocycles. The molecule has 0 heterocycles. The monoisotopic (exact) mass is 551 g/mol. The summed E-state index contributed by atoms with van der Waals surface area (Å²) in [6.45, 7) is 10.7. The quantitative estimate of drug-likeness (QED) is 0.315. The topological polar surface area (TPSA) is 114 Å². The highest BCUT2D eigenvalue weighted by molar-refractivity contribution is 6.16. The van der Waals surface area contributed by atoms with Crippen molar-refractivity contribution in [2.24, 2.45) is 0 Å². The molecule has 9 heteroatoms. The number of benzene rings is 2. The third kappa shape index (κ3) is 7.83. The molecule has 1 atom stereocenters. The second-order valence-corrected chi connectivity index (χ2v) is 11.4. The Morgan fingerprint density at radius 2 is 1.60 bits per heavy atom. The summed E-state index contributed by atoms with van der Waals surface area (Å²) in [5.74, 6) is -1.05. The number of ether oxygens (including phenoxy) is 2. The predicted molar refractivity (Wildman–Crippen MR) is 153 cm³/mol. The minimum Gasteiger partial charge on any atom is -0.453 e. The van der Waals surface area contributed by atoms with Gasteiger partial charge in [-0.1, -0.05) is 48.7 Å². The highest BCUT2D eigenvalue weighted by Gasteiger charge is 2.39. The number of amides is 3. The first-order valence-electron chi connectivity index (χ1n) is 13.7. The van der Waals surface area contributed by atoms with Gasteiger partial charge in [0.25, 0.3) is 5.91 Å². The standard InChI is InChI=1S/C31H41N3O6/c1-19-16-20(2)25(21(3)17-19)27(35)26(28(36)32-23-13-9-10-14-23)34(30(38)39-7)18-22-12-8-11-15-24(22)33-29(37)40-31(4,5)6/h8,11-12,15-17,23,26H,9-10,13-14,18H2,1-7H3,(H,32,36)(H,33,37). The molecule has 1 fully saturated rings. The molecule has 0 saturated heterocycles. The zero-order valence-corrected chi connectivity index (χ0v) is 24.6. The van der Waals surface area contributed by atoms with Crippen molar-refractivity contribution in [3.63, 3.8) is 0 Å². The van der Waals surface area contributed by atoms with Crippen LogP contribution in [0.2, 0.25) is 0 Å². The summed E-state index contributed by atoms with van der Waals surface area (Å²) in [7, 11) is 1.21. The van der Waals surface area contributed by atoms with E-state index < -0.39 is 35.5 Å². The molecule has 2 aromatic rings. The zero-order valence-electron chi connectivity index (χ0n) is 24.6. The van der Waals surface area contributed by atoms with Crippen molar-refractivity contribution >= 4 is 29.6 Å². The number of methoxy groups -OCH3 is 1. The van der Waals surface area contributed by atoms with Crippen molar-refractivity contribution in [1.82, 2.24) is 10.2 Å². The van der Waals surface area contributed by atoms with Crippen LogP contribution in [0.5, 0.6) is 0 Å². The second kappa shape index (κ2) is 13.0. The maximum Gasteiger partial charge on any atom is 0.412 e. The summed E-state index contributed by atoms with van der Waals surface area (Å²) < 4.78 is 10.5. The molecule has 0 aromatic heterocycles. The number of nitrogens with zero attached hydrogens (tertiary/aromatic N) is 1. The molecule has 0 aliphatic heterocycles. The van der Waals surface area contributed by atoms with Gasteiger partial charge in [-0.2, -0.15) is 0 Å². The van der Waals surface area contributed by atoms with E-state index in [4.69, 9.17) is 9.47 Å². The molecule has 0 radical (unpaired) electrons. The highest BCUT2D eigenvalue weighted by atomic mass is 16.6. The Morgan fingerprint density at radius 3 is 2.17 bits per heavy atom. The van der Waals surface area contributed by atoms with E-state index in [0.29, 0.717) is 16.8 Å². The van der Waals surface area contributed by atoms with Gasteiger partial charge in [-0.25, -0.2) is 9.59 Å². The number of para-hydroxylation sites is 1. The molecule has 1 saturated carbocycles. The number of hydrogen-bond acceptors (Lipinski definition) is 6. The predicted octanol–water partition coefficient (Wildman–Crippen LogP) is 5.84. The molecule has 2 N–H and O–H groups in total. The number of ketones is 1. The van der Waals surface area contributed by atoms with Crippen molar-refractivity contribution in [3.05, 3.63) is 64.2 Å². The molecule has 3 rings (SSSR count). The van der Waals surface area contributed by atoms with Crippen LogP contribution >= 0.6 is 0 Å². The van der Waals surface area contributed by atoms with Gasteiger partial charge in [0.1, 0.15) is 5.60 Å². The number of rotatable bonds is 8. The van der Waals surface area contributed by atoms with Crippen LogP contribution < -0.4 is 10.6 Å². The Labute approximate surface area is 236 Å². The normalized spacial score (nSPS) is 14.3. The Hall–Kier alpha value is -3.88. The fraction of sp³-hybridized carbons (Fsp3) is 0.484. The minimum atomic E-state index is -1.48. The maximum atomic E-state index is 14.2. The van der Waals surface area contributed by atoms with Gasteiger partial charge in [-0.15, -0.1) is 0 Å². The van der Waals surface area contributed by atoms with Gasteiger partial charge < -0.3 is 14.8 Å². The summed E-state index contributed by atoms with van der Waals surface area (Å²) in [5, 5.41) is 5.72. The molecule has 1 aliphatic rings. The largest absolute Gasteiger partial charge is 0.453 e. The number of carbonyl (C=O) groups excluding carboxylic acids is 4. The number of hydrogen-bond donors (Lipinski definition) is 2. The van der Waals surface area contributed by atoms with Gasteiger partial charge in [-0.3, -0.25) is 19.8 Å². The summed E-state index contributed by atoms with van der Waals surface area (Å²) in [6, 6.07) is 9.07. The summed E-state index contributed by atoms with van der Waals surface area (Å²) >= 11 is 0. The van der Waals surface area contributed by atoms with Gasteiger partial charge in [0.2, 0.25) is 0 Å². The molecule has 3 amide bonds. The lowest BCUT2D eigenvalue weighted by Crippen LogP contribution is -2.55. The van der Waals surface area contributed by atoms with E-state index in [9.17, 15) is 19.2 Å². The first-order valence-corrected chi connectivity index (χ1v) is 13.7. The average Bonchev–Trinajstić information content (AvgIpc) is 3.35.